The van der Waals surface area contributed by atoms with Crippen LogP contribution < -0.4 is 10.2 Å². The molecule has 148 valence electrons. The summed E-state index contributed by atoms with van der Waals surface area (Å²) >= 11 is 0. The zero-order valence-corrected chi connectivity index (χ0v) is 16.9. The fourth-order valence-electron chi connectivity index (χ4n) is 4.00. The summed E-state index contributed by atoms with van der Waals surface area (Å²) < 4.78 is 13.3. The van der Waals surface area contributed by atoms with Gasteiger partial charge in [0, 0.05) is 23.0 Å². The number of aryl methyl sites for hydroxylation is 2. The van der Waals surface area contributed by atoms with Crippen molar-refractivity contribution in [3.8, 4) is 0 Å². The van der Waals surface area contributed by atoms with Gasteiger partial charge in [-0.2, -0.15) is 0 Å². The van der Waals surface area contributed by atoms with Crippen molar-refractivity contribution in [3.63, 3.8) is 0 Å². The fourth-order valence-corrected chi connectivity index (χ4v) is 4.00. The van der Waals surface area contributed by atoms with E-state index in [4.69, 9.17) is 0 Å². The van der Waals surface area contributed by atoms with E-state index in [1.165, 1.54) is 17.7 Å². The van der Waals surface area contributed by atoms with E-state index < -0.39 is 0 Å². The van der Waals surface area contributed by atoms with Crippen LogP contribution >= 0.6 is 0 Å². The van der Waals surface area contributed by atoms with Crippen LogP contribution in [0, 0.1) is 19.7 Å². The van der Waals surface area contributed by atoms with E-state index in [0.29, 0.717) is 5.56 Å². The third kappa shape index (κ3) is 3.88. The summed E-state index contributed by atoms with van der Waals surface area (Å²) in [7, 11) is 0. The van der Waals surface area contributed by atoms with Crippen LogP contribution in [-0.2, 0) is 0 Å². The van der Waals surface area contributed by atoms with E-state index in [0.717, 1.165) is 28.9 Å². The molecular weight excluding hydrogens is 363 g/mol. The highest BCUT2D eigenvalue weighted by Crippen LogP contribution is 2.40. The minimum atomic E-state index is -0.341. The molecule has 0 aliphatic carbocycles. The molecule has 0 unspecified atom stereocenters. The molecule has 0 radical (unpaired) electrons. The van der Waals surface area contributed by atoms with Gasteiger partial charge < -0.3 is 10.2 Å². The Labute approximate surface area is 171 Å². The number of anilines is 2. The predicted molar refractivity (Wildman–Crippen MR) is 116 cm³/mol. The minimum absolute atomic E-state index is 0.00445. The second-order valence-electron chi connectivity index (χ2n) is 7.89. The van der Waals surface area contributed by atoms with Gasteiger partial charge in [0.1, 0.15) is 5.82 Å². The molecule has 1 aliphatic rings. The lowest BCUT2D eigenvalue weighted by molar-refractivity contribution is 0.0974. The Morgan fingerprint density at radius 2 is 1.62 bits per heavy atom. The summed E-state index contributed by atoms with van der Waals surface area (Å²) in [5.41, 5.74) is 5.91. The van der Waals surface area contributed by atoms with Gasteiger partial charge in [0.25, 0.3) is 5.91 Å². The maximum Gasteiger partial charge on any atom is 0.258 e. The Balaban J connectivity index is 1.70. The summed E-state index contributed by atoms with van der Waals surface area (Å²) in [6.07, 6.45) is 0.789. The van der Waals surface area contributed by atoms with Crippen molar-refractivity contribution in [2.45, 2.75) is 39.3 Å². The van der Waals surface area contributed by atoms with Gasteiger partial charge >= 0.3 is 0 Å². The highest BCUT2D eigenvalue weighted by Gasteiger charge is 2.34. The number of halogens is 1. The van der Waals surface area contributed by atoms with E-state index in [1.54, 1.807) is 12.1 Å². The van der Waals surface area contributed by atoms with E-state index in [9.17, 15) is 9.18 Å². The van der Waals surface area contributed by atoms with Crippen molar-refractivity contribution in [3.05, 3.63) is 94.8 Å². The van der Waals surface area contributed by atoms with Crippen LogP contribution in [0.1, 0.15) is 46.4 Å². The molecule has 1 amide bonds. The van der Waals surface area contributed by atoms with Crippen molar-refractivity contribution < 1.29 is 9.18 Å². The Hall–Kier alpha value is -3.14. The van der Waals surface area contributed by atoms with Gasteiger partial charge in [-0.1, -0.05) is 29.8 Å². The lowest BCUT2D eigenvalue weighted by Gasteiger charge is -2.40. The van der Waals surface area contributed by atoms with Crippen molar-refractivity contribution in [2.24, 2.45) is 0 Å². The first kappa shape index (κ1) is 19.2. The fraction of sp³-hybridized carbons (Fsp3) is 0.240. The van der Waals surface area contributed by atoms with Gasteiger partial charge in [-0.05, 0) is 80.8 Å². The number of rotatable bonds is 3. The summed E-state index contributed by atoms with van der Waals surface area (Å²) in [5, 5.41) is 3.63. The number of hydrogen-bond donors (Lipinski definition) is 1. The van der Waals surface area contributed by atoms with E-state index in [2.05, 4.69) is 61.6 Å². The molecule has 1 N–H and O–H groups in total. The molecule has 29 heavy (non-hydrogen) atoms. The van der Waals surface area contributed by atoms with Crippen LogP contribution in [0.25, 0.3) is 0 Å². The van der Waals surface area contributed by atoms with Crippen LogP contribution in [0.3, 0.4) is 0 Å². The second-order valence-corrected chi connectivity index (χ2v) is 7.89. The Bertz CT molecular complexity index is 1030. The largest absolute Gasteiger partial charge is 0.378 e. The van der Waals surface area contributed by atoms with Gasteiger partial charge in [-0.15, -0.1) is 0 Å². The quantitative estimate of drug-likeness (QED) is 0.594. The number of nitrogens with zero attached hydrogens (tertiary/aromatic N) is 1. The van der Waals surface area contributed by atoms with Crippen LogP contribution in [0.4, 0.5) is 15.8 Å². The maximum atomic E-state index is 13.3. The molecule has 0 fully saturated rings. The molecule has 1 aliphatic heterocycles. The number of carbonyl (C=O) groups excluding carboxylic acids is 1. The lowest BCUT2D eigenvalue weighted by Crippen LogP contribution is -2.44. The first-order valence-corrected chi connectivity index (χ1v) is 9.95. The van der Waals surface area contributed by atoms with Crippen molar-refractivity contribution in [1.82, 2.24) is 0 Å². The highest BCUT2D eigenvalue weighted by atomic mass is 19.1. The molecule has 4 heteroatoms. The molecule has 2 atom stereocenters. The highest BCUT2D eigenvalue weighted by molar-refractivity contribution is 6.07. The molecule has 0 saturated carbocycles. The van der Waals surface area contributed by atoms with Crippen LogP contribution in [-0.4, -0.2) is 11.9 Å². The third-order valence-electron chi connectivity index (χ3n) is 5.54. The van der Waals surface area contributed by atoms with Crippen LogP contribution in [0.2, 0.25) is 0 Å². The summed E-state index contributed by atoms with van der Waals surface area (Å²) in [4.78, 5) is 15.1. The number of amides is 1. The maximum absolute atomic E-state index is 13.3. The summed E-state index contributed by atoms with van der Waals surface area (Å²) in [5.74, 6) is -0.440. The molecule has 0 bridgehead atoms. The number of fused-ring (bicyclic) bond motifs is 1. The second kappa shape index (κ2) is 7.70. The normalized spacial score (nSPS) is 18.3. The number of hydrogen-bond acceptors (Lipinski definition) is 2. The molecule has 1 heterocycles. The average molecular weight is 388 g/mol. The zero-order valence-electron chi connectivity index (χ0n) is 16.9. The van der Waals surface area contributed by atoms with Gasteiger partial charge in [-0.3, -0.25) is 4.79 Å². The molecule has 0 spiro atoms. The van der Waals surface area contributed by atoms with Crippen molar-refractivity contribution in [1.29, 1.82) is 0 Å². The molecule has 0 saturated heterocycles. The Morgan fingerprint density at radius 1 is 0.966 bits per heavy atom. The van der Waals surface area contributed by atoms with Crippen LogP contribution in [0.5, 0.6) is 0 Å². The van der Waals surface area contributed by atoms with E-state index in [-0.39, 0.29) is 23.8 Å². The molecule has 3 nitrogen and oxygen atoms in total. The Morgan fingerprint density at radius 3 is 2.31 bits per heavy atom. The summed E-state index contributed by atoms with van der Waals surface area (Å²) in [6, 6.07) is 20.5. The minimum Gasteiger partial charge on any atom is -0.378 e. The molecule has 0 aromatic heterocycles. The first-order valence-electron chi connectivity index (χ1n) is 9.95. The van der Waals surface area contributed by atoms with Gasteiger partial charge in [0.2, 0.25) is 0 Å². The van der Waals surface area contributed by atoms with Crippen LogP contribution in [0.15, 0.2) is 66.7 Å². The average Bonchev–Trinajstić information content (AvgIpc) is 2.70. The van der Waals surface area contributed by atoms with Crippen molar-refractivity contribution in [2.75, 3.05) is 10.2 Å². The SMILES string of the molecule is Cc1ccc(N[C@@H]2C[C@@H](C)N(C(=O)c3ccc(F)cc3)c3cc(C)ccc32)cc1. The van der Waals surface area contributed by atoms with Gasteiger partial charge in [0.15, 0.2) is 0 Å². The molecule has 4 rings (SSSR count). The van der Waals surface area contributed by atoms with E-state index >= 15 is 0 Å². The Kier molecular flexibility index (Phi) is 5.10. The molecular formula is C25H25FN2O. The topological polar surface area (TPSA) is 32.3 Å². The molecule has 3 aromatic rings. The third-order valence-corrected chi connectivity index (χ3v) is 5.54. The standard InChI is InChI=1S/C25H25FN2O/c1-16-4-11-21(12-5-16)27-23-15-18(3)28(24-14-17(2)6-13-22(23)24)25(29)19-7-9-20(26)10-8-19/h4-14,18,23,27H,15H2,1-3H3/t18-,23-/m1/s1. The summed E-state index contributed by atoms with van der Waals surface area (Å²) in [6.45, 7) is 6.17. The smallest absolute Gasteiger partial charge is 0.258 e. The monoisotopic (exact) mass is 388 g/mol. The van der Waals surface area contributed by atoms with Crippen molar-refractivity contribution >= 4 is 17.3 Å². The zero-order chi connectivity index (χ0) is 20.5. The number of carbonyl (C=O) groups is 1. The van der Waals surface area contributed by atoms with Gasteiger partial charge in [0.05, 0.1) is 6.04 Å². The number of benzene rings is 3. The van der Waals surface area contributed by atoms with Gasteiger partial charge in [-0.25, -0.2) is 4.39 Å². The number of nitrogens with one attached hydrogen (secondary N) is 1. The predicted octanol–water partition coefficient (Wildman–Crippen LogP) is 6.03. The molecule has 3 aromatic carbocycles. The first-order chi connectivity index (χ1) is 13.9. The van der Waals surface area contributed by atoms with E-state index in [1.807, 2.05) is 11.8 Å². The lowest BCUT2D eigenvalue weighted by atomic mass is 9.90.